The highest BCUT2D eigenvalue weighted by atomic mass is 14.6. The minimum absolute atomic E-state index is 0.370. The molecule has 0 saturated heterocycles. The second-order valence-electron chi connectivity index (χ2n) is 0.540. The summed E-state index contributed by atoms with van der Waals surface area (Å²) in [4.78, 5) is 6.39. The SMILES string of the molecule is C=NC.[3H]C([3H])=NC. The van der Waals surface area contributed by atoms with Crippen LogP contribution in [0.25, 0.3) is 0 Å². The third kappa shape index (κ3) is 42.0. The predicted octanol–water partition coefficient (Wildman–Crippen LogP) is 0.634. The fourth-order valence-corrected chi connectivity index (χ4v) is 0. The first-order valence-corrected chi connectivity index (χ1v) is 1.43. The van der Waals surface area contributed by atoms with Gasteiger partial charge in [-0.25, -0.2) is 0 Å². The van der Waals surface area contributed by atoms with Crippen LogP contribution in [0.1, 0.15) is 2.74 Å². The lowest BCUT2D eigenvalue weighted by molar-refractivity contribution is 1.49. The van der Waals surface area contributed by atoms with Gasteiger partial charge in [0.1, 0.15) is 0 Å². The van der Waals surface area contributed by atoms with Gasteiger partial charge in [0.05, 0.1) is 2.74 Å². The molecule has 0 fully saturated rings. The van der Waals surface area contributed by atoms with Crippen LogP contribution < -0.4 is 0 Å². The second kappa shape index (κ2) is 27.0. The predicted molar refractivity (Wildman–Crippen MR) is 30.9 cm³/mol. The Morgan fingerprint density at radius 1 is 1.50 bits per heavy atom. The van der Waals surface area contributed by atoms with Crippen molar-refractivity contribution in [1.29, 1.82) is 0 Å². The highest BCUT2D eigenvalue weighted by Crippen LogP contribution is 1.22. The average molecular weight is 90.2 g/mol. The van der Waals surface area contributed by atoms with Crippen molar-refractivity contribution in [1.82, 2.24) is 0 Å². The molecule has 0 amide bonds. The number of nitrogens with zero attached hydrogens (tertiary/aromatic N) is 2. The maximum atomic E-state index is 6.24. The third-order valence-corrected chi connectivity index (χ3v) is 0. The lowest BCUT2D eigenvalue weighted by Gasteiger charge is -1.38. The molecule has 0 spiro atoms. The van der Waals surface area contributed by atoms with Gasteiger partial charge in [-0.1, -0.05) is 0 Å². The lowest BCUT2D eigenvalue weighted by atomic mass is 11.4. The molecule has 0 saturated carbocycles. The zero-order chi connectivity index (χ0) is 6.99. The van der Waals surface area contributed by atoms with Gasteiger partial charge in [-0.3, -0.25) is 0 Å². The number of rotatable bonds is 0. The summed E-state index contributed by atoms with van der Waals surface area (Å²) in [6, 6.07) is 0. The van der Waals surface area contributed by atoms with Crippen LogP contribution in [0.15, 0.2) is 9.98 Å². The molecule has 0 heterocycles. The third-order valence-electron chi connectivity index (χ3n) is 0. The van der Waals surface area contributed by atoms with Gasteiger partial charge in [-0.2, -0.15) is 0 Å². The van der Waals surface area contributed by atoms with E-state index in [9.17, 15) is 0 Å². The van der Waals surface area contributed by atoms with Crippen LogP contribution in [0.5, 0.6) is 0 Å². The monoisotopic (exact) mass is 90.1 g/mol. The molecule has 0 aromatic rings. The van der Waals surface area contributed by atoms with Gasteiger partial charge in [0.15, 0.2) is 0 Å². The zero-order valence-corrected chi connectivity index (χ0v) is 4.10. The van der Waals surface area contributed by atoms with E-state index >= 15 is 0 Å². The van der Waals surface area contributed by atoms with Crippen LogP contribution in [-0.4, -0.2) is 27.5 Å². The molecule has 0 aromatic heterocycles. The van der Waals surface area contributed by atoms with Crippen LogP contribution in [0.4, 0.5) is 0 Å². The van der Waals surface area contributed by atoms with E-state index in [0.29, 0.717) is 0 Å². The van der Waals surface area contributed by atoms with Crippen molar-refractivity contribution in [3.05, 3.63) is 0 Å². The van der Waals surface area contributed by atoms with Gasteiger partial charge < -0.3 is 9.98 Å². The van der Waals surface area contributed by atoms with Gasteiger partial charge >= 0.3 is 0 Å². The van der Waals surface area contributed by atoms with E-state index in [-0.39, 0.29) is 6.67 Å². The maximum absolute atomic E-state index is 6.24. The van der Waals surface area contributed by atoms with Crippen molar-refractivity contribution in [2.24, 2.45) is 9.98 Å². The molecule has 36 valence electrons. The molecule has 0 N–H and O–H groups in total. The van der Waals surface area contributed by atoms with Crippen molar-refractivity contribution in [2.45, 2.75) is 0 Å². The summed E-state index contributed by atoms with van der Waals surface area (Å²) >= 11 is 0. The van der Waals surface area contributed by atoms with Gasteiger partial charge in [0.2, 0.25) is 0 Å². The molecule has 2 nitrogen and oxygen atoms in total. The topological polar surface area (TPSA) is 24.7 Å². The fraction of sp³-hybridized carbons (Fsp3) is 0.500. The summed E-state index contributed by atoms with van der Waals surface area (Å²) in [6.07, 6.45) is 0. The normalized spacial score (nSPS) is 8.33. The maximum Gasteiger partial charge on any atom is 0.0748 e. The second-order valence-corrected chi connectivity index (χ2v) is 0.540. The van der Waals surface area contributed by atoms with E-state index in [1.54, 1.807) is 7.05 Å². The Labute approximate surface area is 41.4 Å². The van der Waals surface area contributed by atoms with E-state index in [1.165, 1.54) is 7.05 Å². The molecular formula is C4H10N2. The van der Waals surface area contributed by atoms with Crippen LogP contribution in [0.3, 0.4) is 0 Å². The van der Waals surface area contributed by atoms with E-state index < -0.39 is 0 Å². The van der Waals surface area contributed by atoms with Crippen LogP contribution >= 0.6 is 0 Å². The first-order chi connectivity index (χ1) is 3.68. The van der Waals surface area contributed by atoms with Crippen LogP contribution in [0.2, 0.25) is 0 Å². The Morgan fingerprint density at radius 3 is 1.67 bits per heavy atom. The summed E-state index contributed by atoms with van der Waals surface area (Å²) < 4.78 is 12.5. The van der Waals surface area contributed by atoms with Gasteiger partial charge in [0, 0.05) is 14.1 Å². The number of hydrogen-bond acceptors (Lipinski definition) is 2. The average Bonchev–Trinajstić information content (AvgIpc) is 1.69. The molecule has 0 aliphatic carbocycles. The van der Waals surface area contributed by atoms with E-state index in [4.69, 9.17) is 2.74 Å². The molecule has 2 heteroatoms. The Morgan fingerprint density at radius 2 is 1.67 bits per heavy atom. The molecule has 0 aliphatic heterocycles. The summed E-state index contributed by atoms with van der Waals surface area (Å²) in [5.74, 6) is 0. The standard InChI is InChI=1S/2C2H5N/c2*1-3-2/h2*1H2,2H3/i1T2;. The minimum Gasteiger partial charge on any atom is -0.304 e. The highest BCUT2D eigenvalue weighted by molar-refractivity contribution is 5.22. The number of hydrogen-bond donors (Lipinski definition) is 0. The molecular weight excluding hydrogens is 76.1 g/mol. The first-order valence-electron chi connectivity index (χ1n) is 2.43. The smallest absolute Gasteiger partial charge is 0.0748 e. The number of aliphatic imine (C=N–C) groups is 2. The van der Waals surface area contributed by atoms with E-state index in [1.807, 2.05) is 0 Å². The van der Waals surface area contributed by atoms with Crippen molar-refractivity contribution < 1.29 is 2.74 Å². The largest absolute Gasteiger partial charge is 0.304 e. The van der Waals surface area contributed by atoms with Crippen LogP contribution in [0, 0.1) is 0 Å². The highest BCUT2D eigenvalue weighted by Gasteiger charge is 1.09. The summed E-state index contributed by atoms with van der Waals surface area (Å²) in [7, 11) is 3.05. The Hall–Kier alpha value is -0.660. The molecule has 0 aromatic carbocycles. The first kappa shape index (κ1) is 3.53. The van der Waals surface area contributed by atoms with Gasteiger partial charge in [-0.05, 0) is 13.4 Å². The molecule has 0 bridgehead atoms. The van der Waals surface area contributed by atoms with E-state index in [0.717, 1.165) is 0 Å². The van der Waals surface area contributed by atoms with E-state index in [2.05, 4.69) is 16.7 Å². The molecule has 0 unspecified atom stereocenters. The molecule has 6 heavy (non-hydrogen) atoms. The Balaban J connectivity index is 0. The summed E-state index contributed by atoms with van der Waals surface area (Å²) in [5, 5.41) is 0. The quantitative estimate of drug-likeness (QED) is 0.390. The summed E-state index contributed by atoms with van der Waals surface area (Å²) in [6.45, 7) is 2.74. The lowest BCUT2D eigenvalue weighted by Crippen LogP contribution is -1.26. The molecule has 0 atom stereocenters. The van der Waals surface area contributed by atoms with Crippen molar-refractivity contribution in [2.75, 3.05) is 14.1 Å². The summed E-state index contributed by atoms with van der Waals surface area (Å²) in [5.41, 5.74) is 0. The molecule has 0 aliphatic rings. The molecule has 0 rings (SSSR count). The fourth-order valence-electron chi connectivity index (χ4n) is 0. The van der Waals surface area contributed by atoms with Crippen molar-refractivity contribution >= 4 is 13.4 Å². The Kier molecular flexibility index (Phi) is 15.9. The van der Waals surface area contributed by atoms with Gasteiger partial charge in [0.25, 0.3) is 0 Å². The van der Waals surface area contributed by atoms with Gasteiger partial charge in [-0.15, -0.1) is 0 Å². The van der Waals surface area contributed by atoms with Crippen LogP contribution in [-0.2, 0) is 0 Å². The zero-order valence-electron chi connectivity index (χ0n) is 6.10. The molecule has 0 radical (unpaired) electrons. The van der Waals surface area contributed by atoms with Crippen molar-refractivity contribution in [3.63, 3.8) is 0 Å². The Bertz CT molecular complexity index is 76.1. The minimum atomic E-state index is -0.370. The van der Waals surface area contributed by atoms with Crippen molar-refractivity contribution in [3.8, 4) is 0 Å².